The minimum absolute atomic E-state index is 0.547. The maximum absolute atomic E-state index is 4.08. The van der Waals surface area contributed by atoms with Gasteiger partial charge in [-0.25, -0.2) is 0 Å². The molecule has 1 aliphatic heterocycles. The first kappa shape index (κ1) is 12.8. The van der Waals surface area contributed by atoms with E-state index in [4.69, 9.17) is 0 Å². The van der Waals surface area contributed by atoms with Crippen LogP contribution in [0.1, 0.15) is 30.0 Å². The van der Waals surface area contributed by atoms with Crippen molar-refractivity contribution >= 4 is 15.9 Å². The topological polar surface area (TPSA) is 16.1 Å². The lowest BCUT2D eigenvalue weighted by Gasteiger charge is -2.25. The lowest BCUT2D eigenvalue weighted by atomic mass is 10.0. The van der Waals surface area contributed by atoms with Crippen molar-refractivity contribution in [1.82, 2.24) is 9.88 Å². The van der Waals surface area contributed by atoms with E-state index < -0.39 is 0 Å². The average Bonchev–Trinajstić information content (AvgIpc) is 2.88. The minimum Gasteiger partial charge on any atom is -0.292 e. The van der Waals surface area contributed by atoms with Gasteiger partial charge in [0.2, 0.25) is 0 Å². The third-order valence-corrected chi connectivity index (χ3v) is 4.23. The molecule has 0 N–H and O–H groups in total. The average molecular weight is 317 g/mol. The summed E-state index contributed by atoms with van der Waals surface area (Å²) in [6.45, 7) is 2.19. The number of pyridine rings is 1. The van der Waals surface area contributed by atoms with E-state index in [1.807, 2.05) is 12.4 Å². The number of aromatic nitrogens is 1. The SMILES string of the molecule is Brc1cccc(C2CCCN2Cc2ccncc2)c1. The second-order valence-electron chi connectivity index (χ2n) is 5.04. The van der Waals surface area contributed by atoms with E-state index in [0.717, 1.165) is 6.54 Å². The first-order chi connectivity index (χ1) is 9.33. The molecule has 2 aromatic rings. The van der Waals surface area contributed by atoms with Crippen LogP contribution in [0.25, 0.3) is 0 Å². The van der Waals surface area contributed by atoms with Crippen LogP contribution in [0, 0.1) is 0 Å². The zero-order chi connectivity index (χ0) is 13.1. The normalized spacial score (nSPS) is 19.7. The summed E-state index contributed by atoms with van der Waals surface area (Å²) in [7, 11) is 0. The van der Waals surface area contributed by atoms with Crippen molar-refractivity contribution in [1.29, 1.82) is 0 Å². The van der Waals surface area contributed by atoms with Gasteiger partial charge in [-0.2, -0.15) is 0 Å². The monoisotopic (exact) mass is 316 g/mol. The van der Waals surface area contributed by atoms with Crippen molar-refractivity contribution in [2.75, 3.05) is 6.54 Å². The molecule has 2 nitrogen and oxygen atoms in total. The Balaban J connectivity index is 1.78. The van der Waals surface area contributed by atoms with Gasteiger partial charge >= 0.3 is 0 Å². The first-order valence-electron chi connectivity index (χ1n) is 6.71. The fourth-order valence-corrected chi connectivity index (χ4v) is 3.25. The van der Waals surface area contributed by atoms with Gasteiger partial charge in [0.1, 0.15) is 0 Å². The van der Waals surface area contributed by atoms with Gasteiger partial charge in [-0.15, -0.1) is 0 Å². The largest absolute Gasteiger partial charge is 0.292 e. The molecular formula is C16H17BrN2. The Hall–Kier alpha value is -1.19. The quantitative estimate of drug-likeness (QED) is 0.844. The molecule has 0 saturated carbocycles. The number of benzene rings is 1. The number of nitrogens with zero attached hydrogens (tertiary/aromatic N) is 2. The summed E-state index contributed by atoms with van der Waals surface area (Å²) in [6.07, 6.45) is 6.28. The van der Waals surface area contributed by atoms with Crippen LogP contribution in [0.15, 0.2) is 53.3 Å². The smallest absolute Gasteiger partial charge is 0.0352 e. The molecule has 3 heteroatoms. The summed E-state index contributed by atoms with van der Waals surface area (Å²) < 4.78 is 1.17. The van der Waals surface area contributed by atoms with Gasteiger partial charge in [-0.1, -0.05) is 28.1 Å². The van der Waals surface area contributed by atoms with Crippen LogP contribution in [0.2, 0.25) is 0 Å². The number of hydrogen-bond donors (Lipinski definition) is 0. The molecule has 1 unspecified atom stereocenters. The van der Waals surface area contributed by atoms with Crippen LogP contribution >= 0.6 is 15.9 Å². The van der Waals surface area contributed by atoms with Crippen molar-refractivity contribution in [3.05, 3.63) is 64.4 Å². The lowest BCUT2D eigenvalue weighted by molar-refractivity contribution is 0.248. The highest BCUT2D eigenvalue weighted by Crippen LogP contribution is 2.33. The molecule has 3 rings (SSSR count). The lowest BCUT2D eigenvalue weighted by Crippen LogP contribution is -2.22. The molecular weight excluding hydrogens is 300 g/mol. The molecule has 1 fully saturated rings. The summed E-state index contributed by atoms with van der Waals surface area (Å²) in [5.74, 6) is 0. The Morgan fingerprint density at radius 1 is 1.21 bits per heavy atom. The van der Waals surface area contributed by atoms with Crippen molar-refractivity contribution in [3.8, 4) is 0 Å². The van der Waals surface area contributed by atoms with E-state index in [1.165, 1.54) is 35.0 Å². The number of likely N-dealkylation sites (tertiary alicyclic amines) is 1. The molecule has 1 aliphatic rings. The second kappa shape index (κ2) is 5.85. The van der Waals surface area contributed by atoms with Crippen molar-refractivity contribution in [2.45, 2.75) is 25.4 Å². The predicted octanol–water partition coefficient (Wildman–Crippen LogP) is 4.18. The third-order valence-electron chi connectivity index (χ3n) is 3.73. The van der Waals surface area contributed by atoms with Gasteiger partial charge in [-0.05, 0) is 54.8 Å². The summed E-state index contributed by atoms with van der Waals surface area (Å²) in [5.41, 5.74) is 2.76. The van der Waals surface area contributed by atoms with Crippen LogP contribution in [-0.2, 0) is 6.54 Å². The molecule has 0 bridgehead atoms. The van der Waals surface area contributed by atoms with Crippen LogP contribution in [-0.4, -0.2) is 16.4 Å². The van der Waals surface area contributed by atoms with Crippen LogP contribution < -0.4 is 0 Å². The Morgan fingerprint density at radius 3 is 2.84 bits per heavy atom. The first-order valence-corrected chi connectivity index (χ1v) is 7.50. The Bertz CT molecular complexity index is 541. The fraction of sp³-hybridized carbons (Fsp3) is 0.312. The molecule has 0 spiro atoms. The van der Waals surface area contributed by atoms with Gasteiger partial charge in [0, 0.05) is 29.5 Å². The summed E-state index contributed by atoms with van der Waals surface area (Å²) in [5, 5.41) is 0. The fourth-order valence-electron chi connectivity index (χ4n) is 2.83. The van der Waals surface area contributed by atoms with Gasteiger partial charge in [-0.3, -0.25) is 9.88 Å². The number of rotatable bonds is 3. The van der Waals surface area contributed by atoms with Gasteiger partial charge in [0.25, 0.3) is 0 Å². The van der Waals surface area contributed by atoms with E-state index in [9.17, 15) is 0 Å². The number of halogens is 1. The molecule has 1 aromatic carbocycles. The summed E-state index contributed by atoms with van der Waals surface area (Å²) >= 11 is 3.57. The number of hydrogen-bond acceptors (Lipinski definition) is 2. The third kappa shape index (κ3) is 3.04. The molecule has 98 valence electrons. The Labute approximate surface area is 122 Å². The van der Waals surface area contributed by atoms with Gasteiger partial charge < -0.3 is 0 Å². The highest BCUT2D eigenvalue weighted by molar-refractivity contribution is 9.10. The standard InChI is InChI=1S/C16H17BrN2/c17-15-4-1-3-14(11-15)16-5-2-10-19(16)12-13-6-8-18-9-7-13/h1,3-4,6-9,11,16H,2,5,10,12H2. The minimum atomic E-state index is 0.547. The zero-order valence-corrected chi connectivity index (χ0v) is 12.4. The van der Waals surface area contributed by atoms with Crippen LogP contribution in [0.4, 0.5) is 0 Å². The van der Waals surface area contributed by atoms with Crippen molar-refractivity contribution in [2.24, 2.45) is 0 Å². The zero-order valence-electron chi connectivity index (χ0n) is 10.8. The maximum atomic E-state index is 4.08. The molecule has 1 aromatic heterocycles. The van der Waals surface area contributed by atoms with Crippen LogP contribution in [0.5, 0.6) is 0 Å². The molecule has 19 heavy (non-hydrogen) atoms. The van der Waals surface area contributed by atoms with Crippen molar-refractivity contribution < 1.29 is 0 Å². The van der Waals surface area contributed by atoms with Crippen LogP contribution in [0.3, 0.4) is 0 Å². The van der Waals surface area contributed by atoms with Gasteiger partial charge in [0.15, 0.2) is 0 Å². The molecule has 1 atom stereocenters. The van der Waals surface area contributed by atoms with E-state index in [2.05, 4.69) is 62.2 Å². The Kier molecular flexibility index (Phi) is 3.95. The highest BCUT2D eigenvalue weighted by atomic mass is 79.9. The highest BCUT2D eigenvalue weighted by Gasteiger charge is 2.25. The molecule has 0 radical (unpaired) electrons. The molecule has 0 aliphatic carbocycles. The molecule has 0 amide bonds. The summed E-state index contributed by atoms with van der Waals surface area (Å²) in [6, 6.07) is 13.5. The van der Waals surface area contributed by atoms with E-state index in [-0.39, 0.29) is 0 Å². The van der Waals surface area contributed by atoms with E-state index >= 15 is 0 Å². The van der Waals surface area contributed by atoms with E-state index in [1.54, 1.807) is 0 Å². The molecule has 2 heterocycles. The second-order valence-corrected chi connectivity index (χ2v) is 5.95. The maximum Gasteiger partial charge on any atom is 0.0352 e. The molecule has 1 saturated heterocycles. The van der Waals surface area contributed by atoms with Gasteiger partial charge in [0.05, 0.1) is 0 Å². The summed E-state index contributed by atoms with van der Waals surface area (Å²) in [4.78, 5) is 6.65. The van der Waals surface area contributed by atoms with E-state index in [0.29, 0.717) is 6.04 Å². The Morgan fingerprint density at radius 2 is 2.05 bits per heavy atom. The predicted molar refractivity (Wildman–Crippen MR) is 80.8 cm³/mol. The van der Waals surface area contributed by atoms with Crippen molar-refractivity contribution in [3.63, 3.8) is 0 Å².